The summed E-state index contributed by atoms with van der Waals surface area (Å²) < 4.78 is 13.0. The minimum atomic E-state index is -0.142. The van der Waals surface area contributed by atoms with Gasteiger partial charge in [0.2, 0.25) is 0 Å². The molecule has 0 spiro atoms. The smallest absolute Gasteiger partial charge is 0.123 e. The van der Waals surface area contributed by atoms with E-state index in [0.717, 1.165) is 18.3 Å². The summed E-state index contributed by atoms with van der Waals surface area (Å²) in [5.41, 5.74) is 1.24. The van der Waals surface area contributed by atoms with Crippen LogP contribution in [0.15, 0.2) is 24.3 Å². The fraction of sp³-hybridized carbons (Fsp3) is 0.684. The van der Waals surface area contributed by atoms with Gasteiger partial charge in [-0.25, -0.2) is 4.39 Å². The van der Waals surface area contributed by atoms with E-state index in [9.17, 15) is 4.39 Å². The summed E-state index contributed by atoms with van der Waals surface area (Å²) in [4.78, 5) is 0. The molecule has 1 aliphatic rings. The van der Waals surface area contributed by atoms with Gasteiger partial charge in [-0.05, 0) is 55.8 Å². The molecule has 2 heteroatoms. The molecule has 118 valence electrons. The third-order valence-electron chi connectivity index (χ3n) is 5.17. The van der Waals surface area contributed by atoms with Crippen LogP contribution in [0.1, 0.15) is 57.4 Å². The molecule has 0 bridgehead atoms. The molecule has 1 nitrogen and oxygen atoms in total. The number of nitrogens with one attached hydrogen (secondary N) is 1. The van der Waals surface area contributed by atoms with Gasteiger partial charge in [0.05, 0.1) is 0 Å². The molecule has 1 saturated carbocycles. The summed E-state index contributed by atoms with van der Waals surface area (Å²) in [6, 6.07) is 7.52. The highest BCUT2D eigenvalue weighted by atomic mass is 19.1. The van der Waals surface area contributed by atoms with Crippen molar-refractivity contribution in [3.63, 3.8) is 0 Å². The van der Waals surface area contributed by atoms with Gasteiger partial charge in [-0.2, -0.15) is 0 Å². The fourth-order valence-electron chi connectivity index (χ4n) is 3.75. The van der Waals surface area contributed by atoms with E-state index in [2.05, 4.69) is 19.3 Å². The van der Waals surface area contributed by atoms with Gasteiger partial charge in [-0.1, -0.05) is 51.2 Å². The van der Waals surface area contributed by atoms with Crippen molar-refractivity contribution in [2.24, 2.45) is 11.8 Å². The monoisotopic (exact) mass is 291 g/mol. The van der Waals surface area contributed by atoms with Crippen molar-refractivity contribution in [2.45, 2.75) is 64.3 Å². The van der Waals surface area contributed by atoms with Gasteiger partial charge in [0.25, 0.3) is 0 Å². The number of rotatable bonds is 7. The first kappa shape index (κ1) is 16.5. The molecule has 0 radical (unpaired) electrons. The Bertz CT molecular complexity index is 393. The number of unbranched alkanes of at least 4 members (excludes halogenated alkanes) is 1. The lowest BCUT2D eigenvalue weighted by Crippen LogP contribution is -2.37. The summed E-state index contributed by atoms with van der Waals surface area (Å²) in [5.74, 6) is 1.60. The van der Waals surface area contributed by atoms with Crippen LogP contribution in [0, 0.1) is 17.7 Å². The SMILES string of the molecule is CCCCC1CCC(C(Cc2ccc(F)cc2)NC)CC1. The molecular weight excluding hydrogens is 261 g/mol. The molecule has 1 aliphatic carbocycles. The van der Waals surface area contributed by atoms with E-state index in [-0.39, 0.29) is 5.82 Å². The lowest BCUT2D eigenvalue weighted by molar-refractivity contribution is 0.216. The van der Waals surface area contributed by atoms with Crippen molar-refractivity contribution < 1.29 is 4.39 Å². The Morgan fingerprint density at radius 2 is 1.81 bits per heavy atom. The molecule has 1 atom stereocenters. The molecule has 1 aromatic rings. The maximum absolute atomic E-state index is 13.0. The molecule has 1 aromatic carbocycles. The van der Waals surface area contributed by atoms with Crippen molar-refractivity contribution in [3.8, 4) is 0 Å². The van der Waals surface area contributed by atoms with E-state index in [0.29, 0.717) is 6.04 Å². The van der Waals surface area contributed by atoms with Crippen LogP contribution in [0.3, 0.4) is 0 Å². The predicted octanol–water partition coefficient (Wildman–Crippen LogP) is 4.95. The lowest BCUT2D eigenvalue weighted by Gasteiger charge is -2.34. The van der Waals surface area contributed by atoms with E-state index < -0.39 is 0 Å². The quantitative estimate of drug-likeness (QED) is 0.749. The average Bonchev–Trinajstić information content (AvgIpc) is 2.53. The fourth-order valence-corrected chi connectivity index (χ4v) is 3.75. The topological polar surface area (TPSA) is 12.0 Å². The summed E-state index contributed by atoms with van der Waals surface area (Å²) in [6.07, 6.45) is 10.6. The minimum absolute atomic E-state index is 0.142. The van der Waals surface area contributed by atoms with Crippen molar-refractivity contribution in [2.75, 3.05) is 7.05 Å². The van der Waals surface area contributed by atoms with Crippen LogP contribution in [0.2, 0.25) is 0 Å². The number of benzene rings is 1. The number of likely N-dealkylation sites (N-methyl/N-ethyl adjacent to an activating group) is 1. The second-order valence-electron chi connectivity index (χ2n) is 6.65. The predicted molar refractivity (Wildman–Crippen MR) is 87.9 cm³/mol. The highest BCUT2D eigenvalue weighted by molar-refractivity contribution is 5.17. The number of halogens is 1. The van der Waals surface area contributed by atoms with Gasteiger partial charge in [0, 0.05) is 6.04 Å². The molecule has 1 unspecified atom stereocenters. The first-order chi connectivity index (χ1) is 10.2. The van der Waals surface area contributed by atoms with E-state index in [4.69, 9.17) is 0 Å². The van der Waals surface area contributed by atoms with Gasteiger partial charge >= 0.3 is 0 Å². The van der Waals surface area contributed by atoms with Gasteiger partial charge in [-0.3, -0.25) is 0 Å². The molecule has 0 aromatic heterocycles. The van der Waals surface area contributed by atoms with Crippen molar-refractivity contribution in [1.29, 1.82) is 0 Å². The van der Waals surface area contributed by atoms with Crippen molar-refractivity contribution in [1.82, 2.24) is 5.32 Å². The first-order valence-corrected chi connectivity index (χ1v) is 8.64. The molecule has 0 heterocycles. The van der Waals surface area contributed by atoms with E-state index in [1.54, 1.807) is 12.1 Å². The van der Waals surface area contributed by atoms with Gasteiger partial charge in [0.15, 0.2) is 0 Å². The van der Waals surface area contributed by atoms with Crippen LogP contribution in [0.4, 0.5) is 4.39 Å². The van der Waals surface area contributed by atoms with E-state index in [1.807, 2.05) is 12.1 Å². The Hall–Kier alpha value is -0.890. The second kappa shape index (κ2) is 8.53. The molecule has 1 fully saturated rings. The third kappa shape index (κ3) is 5.10. The molecule has 0 amide bonds. The van der Waals surface area contributed by atoms with Crippen LogP contribution in [-0.4, -0.2) is 13.1 Å². The first-order valence-electron chi connectivity index (χ1n) is 8.64. The second-order valence-corrected chi connectivity index (χ2v) is 6.65. The Labute approximate surface area is 129 Å². The van der Waals surface area contributed by atoms with Crippen LogP contribution >= 0.6 is 0 Å². The highest BCUT2D eigenvalue weighted by Gasteiger charge is 2.26. The third-order valence-corrected chi connectivity index (χ3v) is 5.17. The molecule has 21 heavy (non-hydrogen) atoms. The number of hydrogen-bond donors (Lipinski definition) is 1. The standard InChI is InChI=1S/C19H30FN/c1-3-4-5-15-6-10-17(11-7-15)19(21-2)14-16-8-12-18(20)13-9-16/h8-9,12-13,15,17,19,21H,3-7,10-11,14H2,1-2H3. The van der Waals surface area contributed by atoms with Crippen LogP contribution in [0.25, 0.3) is 0 Å². The van der Waals surface area contributed by atoms with Gasteiger partial charge in [0.1, 0.15) is 5.82 Å². The van der Waals surface area contributed by atoms with Crippen LogP contribution in [-0.2, 0) is 6.42 Å². The minimum Gasteiger partial charge on any atom is -0.316 e. The molecule has 0 saturated heterocycles. The van der Waals surface area contributed by atoms with Crippen molar-refractivity contribution >= 4 is 0 Å². The number of hydrogen-bond acceptors (Lipinski definition) is 1. The van der Waals surface area contributed by atoms with Crippen LogP contribution < -0.4 is 5.32 Å². The van der Waals surface area contributed by atoms with E-state index >= 15 is 0 Å². The Morgan fingerprint density at radius 3 is 2.38 bits per heavy atom. The molecule has 0 aliphatic heterocycles. The molecular formula is C19H30FN. The lowest BCUT2D eigenvalue weighted by atomic mass is 9.75. The summed E-state index contributed by atoms with van der Waals surface area (Å²) >= 11 is 0. The van der Waals surface area contributed by atoms with Crippen molar-refractivity contribution in [3.05, 3.63) is 35.6 Å². The Balaban J connectivity index is 1.83. The normalized spacial score (nSPS) is 24.0. The van der Waals surface area contributed by atoms with Crippen LogP contribution in [0.5, 0.6) is 0 Å². The highest BCUT2D eigenvalue weighted by Crippen LogP contribution is 2.34. The molecule has 2 rings (SSSR count). The maximum atomic E-state index is 13.0. The largest absolute Gasteiger partial charge is 0.316 e. The Kier molecular flexibility index (Phi) is 6.69. The summed E-state index contributed by atoms with van der Waals surface area (Å²) in [5, 5.41) is 3.50. The maximum Gasteiger partial charge on any atom is 0.123 e. The van der Waals surface area contributed by atoms with Gasteiger partial charge in [-0.15, -0.1) is 0 Å². The zero-order chi connectivity index (χ0) is 15.1. The summed E-state index contributed by atoms with van der Waals surface area (Å²) in [6.45, 7) is 2.28. The Morgan fingerprint density at radius 1 is 1.14 bits per heavy atom. The average molecular weight is 291 g/mol. The summed E-state index contributed by atoms with van der Waals surface area (Å²) in [7, 11) is 2.07. The van der Waals surface area contributed by atoms with Gasteiger partial charge < -0.3 is 5.32 Å². The zero-order valence-electron chi connectivity index (χ0n) is 13.6. The van der Waals surface area contributed by atoms with E-state index in [1.165, 1.54) is 50.5 Å². The molecule has 1 N–H and O–H groups in total. The zero-order valence-corrected chi connectivity index (χ0v) is 13.6.